The maximum absolute atomic E-state index is 12.9. The van der Waals surface area contributed by atoms with Crippen LogP contribution < -0.4 is 16.0 Å². The molecule has 1 unspecified atom stereocenters. The highest BCUT2D eigenvalue weighted by atomic mass is 19.4. The third kappa shape index (κ3) is 8.76. The lowest BCUT2D eigenvalue weighted by Crippen LogP contribution is -2.59. The standard InChI is InChI=1S/C22H32F3N3O4/c1-13(2)11-16(17(29)28-21(6,18(30)31)12-20(3,4)5)27-19(32)26-15-9-7-14(8-10-15)22(23,24)25/h7-10,13,16H,11-12H2,1-6H3,(H,28,29)(H,30,31)(H2,26,27,32)/t16-,21?/m0/s1. The van der Waals surface area contributed by atoms with Crippen LogP contribution in [0.25, 0.3) is 0 Å². The monoisotopic (exact) mass is 459 g/mol. The molecule has 1 aromatic carbocycles. The molecular formula is C22H32F3N3O4. The van der Waals surface area contributed by atoms with E-state index >= 15 is 0 Å². The summed E-state index contributed by atoms with van der Waals surface area (Å²) in [5, 5.41) is 17.1. The van der Waals surface area contributed by atoms with Gasteiger partial charge in [-0.2, -0.15) is 13.2 Å². The Morgan fingerprint density at radius 1 is 1.00 bits per heavy atom. The fourth-order valence-electron chi connectivity index (χ4n) is 3.36. The highest BCUT2D eigenvalue weighted by molar-refractivity contribution is 5.95. The molecule has 0 heterocycles. The average Bonchev–Trinajstić information content (AvgIpc) is 2.58. The van der Waals surface area contributed by atoms with E-state index in [1.165, 1.54) is 6.92 Å². The number of hydrogen-bond donors (Lipinski definition) is 4. The van der Waals surface area contributed by atoms with Gasteiger partial charge in [-0.1, -0.05) is 34.6 Å². The number of urea groups is 1. The summed E-state index contributed by atoms with van der Waals surface area (Å²) in [5.41, 5.74) is -2.67. The molecule has 0 radical (unpaired) electrons. The quantitative estimate of drug-likeness (QED) is 0.454. The Morgan fingerprint density at radius 2 is 1.53 bits per heavy atom. The minimum atomic E-state index is -4.49. The smallest absolute Gasteiger partial charge is 0.416 e. The molecule has 180 valence electrons. The largest absolute Gasteiger partial charge is 0.480 e. The predicted octanol–water partition coefficient (Wildman–Crippen LogP) is 4.64. The first-order valence-corrected chi connectivity index (χ1v) is 10.2. The van der Waals surface area contributed by atoms with E-state index in [0.29, 0.717) is 0 Å². The normalized spacial score (nSPS) is 14.9. The Hall–Kier alpha value is -2.78. The number of halogens is 3. The summed E-state index contributed by atoms with van der Waals surface area (Å²) in [7, 11) is 0. The van der Waals surface area contributed by atoms with Gasteiger partial charge in [-0.15, -0.1) is 0 Å². The topological polar surface area (TPSA) is 108 Å². The van der Waals surface area contributed by atoms with Gasteiger partial charge in [0, 0.05) is 5.69 Å². The van der Waals surface area contributed by atoms with Crippen LogP contribution in [0.3, 0.4) is 0 Å². The molecule has 0 saturated heterocycles. The molecule has 0 bridgehead atoms. The van der Waals surface area contributed by atoms with Gasteiger partial charge in [0.15, 0.2) is 0 Å². The van der Waals surface area contributed by atoms with E-state index in [1.54, 1.807) is 0 Å². The van der Waals surface area contributed by atoms with Crippen molar-refractivity contribution >= 4 is 23.6 Å². The van der Waals surface area contributed by atoms with Gasteiger partial charge < -0.3 is 21.1 Å². The molecule has 4 N–H and O–H groups in total. The van der Waals surface area contributed by atoms with E-state index in [-0.39, 0.29) is 29.9 Å². The lowest BCUT2D eigenvalue weighted by atomic mass is 9.80. The van der Waals surface area contributed by atoms with Crippen LogP contribution in [0.4, 0.5) is 23.7 Å². The Morgan fingerprint density at radius 3 is 1.94 bits per heavy atom. The van der Waals surface area contributed by atoms with E-state index in [1.807, 2.05) is 34.6 Å². The molecule has 2 atom stereocenters. The molecule has 0 fully saturated rings. The van der Waals surface area contributed by atoms with Crippen LogP contribution in [-0.2, 0) is 15.8 Å². The third-order valence-corrected chi connectivity index (χ3v) is 4.55. The zero-order valence-corrected chi connectivity index (χ0v) is 19.2. The van der Waals surface area contributed by atoms with Crippen LogP contribution in [0.1, 0.15) is 59.9 Å². The van der Waals surface area contributed by atoms with Gasteiger partial charge in [0.1, 0.15) is 11.6 Å². The molecule has 32 heavy (non-hydrogen) atoms. The van der Waals surface area contributed by atoms with E-state index in [9.17, 15) is 32.7 Å². The van der Waals surface area contributed by atoms with Crippen molar-refractivity contribution in [2.24, 2.45) is 11.3 Å². The molecule has 1 aromatic rings. The van der Waals surface area contributed by atoms with Gasteiger partial charge in [-0.05, 0) is 55.4 Å². The summed E-state index contributed by atoms with van der Waals surface area (Å²) in [4.78, 5) is 37.1. The Kier molecular flexibility index (Phi) is 8.71. The highest BCUT2D eigenvalue weighted by Crippen LogP contribution is 2.30. The fourth-order valence-corrected chi connectivity index (χ4v) is 3.36. The maximum Gasteiger partial charge on any atom is 0.416 e. The van der Waals surface area contributed by atoms with Crippen LogP contribution in [0.2, 0.25) is 0 Å². The molecule has 0 aliphatic heterocycles. The number of carbonyl (C=O) groups is 3. The van der Waals surface area contributed by atoms with Crippen molar-refractivity contribution < 1.29 is 32.7 Å². The fraction of sp³-hybridized carbons (Fsp3) is 0.591. The van der Waals surface area contributed by atoms with Gasteiger partial charge in [-0.25, -0.2) is 9.59 Å². The van der Waals surface area contributed by atoms with Crippen molar-refractivity contribution in [3.8, 4) is 0 Å². The van der Waals surface area contributed by atoms with E-state index in [2.05, 4.69) is 16.0 Å². The second-order valence-electron chi connectivity index (χ2n) is 9.72. The van der Waals surface area contributed by atoms with Crippen molar-refractivity contribution in [1.29, 1.82) is 0 Å². The number of rotatable bonds is 8. The van der Waals surface area contributed by atoms with Gasteiger partial charge >= 0.3 is 18.2 Å². The molecular weight excluding hydrogens is 427 g/mol. The number of carboxylic acids is 1. The number of carboxylic acid groups (broad SMARTS) is 1. The highest BCUT2D eigenvalue weighted by Gasteiger charge is 2.40. The predicted molar refractivity (Wildman–Crippen MR) is 115 cm³/mol. The first-order valence-electron chi connectivity index (χ1n) is 10.2. The van der Waals surface area contributed by atoms with E-state index in [0.717, 1.165) is 24.3 Å². The number of nitrogens with one attached hydrogen (secondary N) is 3. The molecule has 0 aliphatic carbocycles. The summed E-state index contributed by atoms with van der Waals surface area (Å²) in [6.07, 6.45) is -4.10. The number of amides is 3. The van der Waals surface area contributed by atoms with Crippen LogP contribution in [0.15, 0.2) is 24.3 Å². The second kappa shape index (κ2) is 10.2. The van der Waals surface area contributed by atoms with Gasteiger partial charge in [0.05, 0.1) is 5.56 Å². The number of aliphatic carboxylic acids is 1. The van der Waals surface area contributed by atoms with Crippen molar-refractivity contribution in [3.05, 3.63) is 29.8 Å². The lowest BCUT2D eigenvalue weighted by molar-refractivity contribution is -0.148. The van der Waals surface area contributed by atoms with Crippen LogP contribution >= 0.6 is 0 Å². The zero-order chi connectivity index (χ0) is 24.9. The summed E-state index contributed by atoms with van der Waals surface area (Å²) in [6.45, 7) is 10.6. The third-order valence-electron chi connectivity index (χ3n) is 4.55. The summed E-state index contributed by atoms with van der Waals surface area (Å²) >= 11 is 0. The summed E-state index contributed by atoms with van der Waals surface area (Å²) < 4.78 is 38.0. The van der Waals surface area contributed by atoms with Crippen molar-refractivity contribution in [3.63, 3.8) is 0 Å². The van der Waals surface area contributed by atoms with Gasteiger partial charge in [-0.3, -0.25) is 4.79 Å². The minimum absolute atomic E-state index is 0.00387. The van der Waals surface area contributed by atoms with Gasteiger partial charge in [0.25, 0.3) is 0 Å². The maximum atomic E-state index is 12.9. The number of hydrogen-bond acceptors (Lipinski definition) is 3. The molecule has 3 amide bonds. The van der Waals surface area contributed by atoms with Crippen LogP contribution in [-0.4, -0.2) is 34.6 Å². The lowest BCUT2D eigenvalue weighted by Gasteiger charge is -2.34. The molecule has 1 rings (SSSR count). The number of carbonyl (C=O) groups excluding carboxylic acids is 2. The number of alkyl halides is 3. The molecule has 0 spiro atoms. The number of benzene rings is 1. The molecule has 7 nitrogen and oxygen atoms in total. The van der Waals surface area contributed by atoms with Crippen molar-refractivity contribution in [2.75, 3.05) is 5.32 Å². The first-order chi connectivity index (χ1) is 14.4. The summed E-state index contributed by atoms with van der Waals surface area (Å²) in [6, 6.07) is 2.04. The Balaban J connectivity index is 2.94. The van der Waals surface area contributed by atoms with Crippen molar-refractivity contribution in [1.82, 2.24) is 10.6 Å². The second-order valence-corrected chi connectivity index (χ2v) is 9.72. The van der Waals surface area contributed by atoms with Crippen molar-refractivity contribution in [2.45, 2.75) is 72.1 Å². The molecule has 0 aromatic heterocycles. The molecule has 10 heteroatoms. The SMILES string of the molecule is CC(C)C[C@H](NC(=O)Nc1ccc(C(F)(F)F)cc1)C(=O)NC(C)(CC(C)(C)C)C(=O)O. The minimum Gasteiger partial charge on any atom is -0.480 e. The Labute approximate surface area is 186 Å². The average molecular weight is 460 g/mol. The van der Waals surface area contributed by atoms with E-state index < -0.39 is 41.2 Å². The van der Waals surface area contributed by atoms with Crippen LogP contribution in [0, 0.1) is 11.3 Å². The Bertz CT molecular complexity index is 817. The van der Waals surface area contributed by atoms with Crippen LogP contribution in [0.5, 0.6) is 0 Å². The summed E-state index contributed by atoms with van der Waals surface area (Å²) in [5.74, 6) is -1.86. The zero-order valence-electron chi connectivity index (χ0n) is 19.2. The van der Waals surface area contributed by atoms with E-state index in [4.69, 9.17) is 0 Å². The number of anilines is 1. The molecule has 0 aliphatic rings. The molecule has 0 saturated carbocycles. The first kappa shape index (κ1) is 27.3. The van der Waals surface area contributed by atoms with Gasteiger partial charge in [0.2, 0.25) is 5.91 Å².